The van der Waals surface area contributed by atoms with Crippen LogP contribution in [-0.2, 0) is 0 Å². The van der Waals surface area contributed by atoms with Crippen LogP contribution in [0.3, 0.4) is 0 Å². The van der Waals surface area contributed by atoms with Crippen molar-refractivity contribution in [3.63, 3.8) is 0 Å². The molecule has 0 heterocycles. The second kappa shape index (κ2) is 3.88. The maximum Gasteiger partial charge on any atom is 0.159 e. The fourth-order valence-electron chi connectivity index (χ4n) is 0.531. The lowest BCUT2D eigenvalue weighted by Crippen LogP contribution is -2.25. The standard InChI is InChI=1S/C6H14O4/c1-6(9,10)3-2-5(8)4-7/h5,7-10H,2-4H2,1H3. The predicted molar refractivity (Wildman–Crippen MR) is 35.2 cm³/mol. The van der Waals surface area contributed by atoms with Crippen LogP contribution in [0.4, 0.5) is 0 Å². The van der Waals surface area contributed by atoms with E-state index in [0.717, 1.165) is 0 Å². The average molecular weight is 150 g/mol. The molecule has 4 nitrogen and oxygen atoms in total. The molecule has 0 amide bonds. The van der Waals surface area contributed by atoms with Gasteiger partial charge < -0.3 is 20.4 Å². The van der Waals surface area contributed by atoms with Crippen LogP contribution < -0.4 is 0 Å². The van der Waals surface area contributed by atoms with Gasteiger partial charge in [0.2, 0.25) is 0 Å². The van der Waals surface area contributed by atoms with E-state index in [2.05, 4.69) is 0 Å². The zero-order chi connectivity index (χ0) is 8.20. The lowest BCUT2D eigenvalue weighted by molar-refractivity contribution is -0.154. The smallest absolute Gasteiger partial charge is 0.159 e. The minimum absolute atomic E-state index is 0.0642. The first kappa shape index (κ1) is 9.84. The lowest BCUT2D eigenvalue weighted by Gasteiger charge is -2.16. The predicted octanol–water partition coefficient (Wildman–Crippen LogP) is -1.18. The second-order valence-corrected chi connectivity index (χ2v) is 2.59. The quantitative estimate of drug-likeness (QED) is 0.380. The van der Waals surface area contributed by atoms with Gasteiger partial charge >= 0.3 is 0 Å². The van der Waals surface area contributed by atoms with Crippen molar-refractivity contribution in [3.05, 3.63) is 0 Å². The van der Waals surface area contributed by atoms with Gasteiger partial charge in [0.1, 0.15) is 0 Å². The number of hydrogen-bond donors (Lipinski definition) is 4. The Morgan fingerprint density at radius 3 is 2.20 bits per heavy atom. The van der Waals surface area contributed by atoms with Gasteiger partial charge in [0.25, 0.3) is 0 Å². The molecular formula is C6H14O4. The van der Waals surface area contributed by atoms with Gasteiger partial charge in [-0.2, -0.15) is 0 Å². The van der Waals surface area contributed by atoms with E-state index in [1.807, 2.05) is 0 Å². The third kappa shape index (κ3) is 5.97. The summed E-state index contributed by atoms with van der Waals surface area (Å²) in [4.78, 5) is 0. The largest absolute Gasteiger partial charge is 0.394 e. The summed E-state index contributed by atoms with van der Waals surface area (Å²) in [5, 5.41) is 34.5. The maximum atomic E-state index is 8.75. The number of aliphatic hydroxyl groups is 4. The molecule has 1 atom stereocenters. The molecule has 0 aliphatic heterocycles. The summed E-state index contributed by atoms with van der Waals surface area (Å²) in [6.07, 6.45) is -0.590. The first-order valence-corrected chi connectivity index (χ1v) is 3.19. The van der Waals surface area contributed by atoms with Gasteiger partial charge in [0.05, 0.1) is 12.7 Å². The molecule has 0 aliphatic carbocycles. The molecule has 62 valence electrons. The Hall–Kier alpha value is -0.160. The van der Waals surface area contributed by atoms with Crippen molar-refractivity contribution in [2.45, 2.75) is 31.7 Å². The molecule has 0 aromatic rings. The Kier molecular flexibility index (Phi) is 3.81. The fraction of sp³-hybridized carbons (Fsp3) is 1.00. The molecule has 0 aromatic carbocycles. The van der Waals surface area contributed by atoms with Crippen LogP contribution in [0.1, 0.15) is 19.8 Å². The molecule has 0 rings (SSSR count). The highest BCUT2D eigenvalue weighted by atomic mass is 16.5. The van der Waals surface area contributed by atoms with Crippen LogP contribution in [0.25, 0.3) is 0 Å². The minimum Gasteiger partial charge on any atom is -0.394 e. The second-order valence-electron chi connectivity index (χ2n) is 2.59. The molecule has 0 radical (unpaired) electrons. The topological polar surface area (TPSA) is 80.9 Å². The number of rotatable bonds is 4. The highest BCUT2D eigenvalue weighted by molar-refractivity contribution is 4.60. The monoisotopic (exact) mass is 150 g/mol. The summed E-state index contributed by atoms with van der Waals surface area (Å²) in [6.45, 7) is 0.896. The van der Waals surface area contributed by atoms with Crippen LogP contribution >= 0.6 is 0 Å². The van der Waals surface area contributed by atoms with Gasteiger partial charge in [-0.05, 0) is 13.3 Å². The van der Waals surface area contributed by atoms with Gasteiger partial charge in [-0.25, -0.2) is 0 Å². The molecule has 0 saturated heterocycles. The van der Waals surface area contributed by atoms with Gasteiger partial charge in [-0.15, -0.1) is 0 Å². The highest BCUT2D eigenvalue weighted by Gasteiger charge is 2.16. The summed E-state index contributed by atoms with van der Waals surface area (Å²) in [7, 11) is 0. The van der Waals surface area contributed by atoms with Crippen molar-refractivity contribution in [1.82, 2.24) is 0 Å². The molecule has 10 heavy (non-hydrogen) atoms. The molecule has 0 saturated carbocycles. The lowest BCUT2D eigenvalue weighted by atomic mass is 10.1. The molecule has 0 fully saturated rings. The van der Waals surface area contributed by atoms with E-state index in [0.29, 0.717) is 0 Å². The molecule has 4 heteroatoms. The fourth-order valence-corrected chi connectivity index (χ4v) is 0.531. The third-order valence-corrected chi connectivity index (χ3v) is 1.16. The zero-order valence-electron chi connectivity index (χ0n) is 5.99. The van der Waals surface area contributed by atoms with E-state index in [1.54, 1.807) is 0 Å². The average Bonchev–Trinajstić information content (AvgIpc) is 1.81. The van der Waals surface area contributed by atoms with E-state index >= 15 is 0 Å². The Morgan fingerprint density at radius 2 is 1.90 bits per heavy atom. The SMILES string of the molecule is CC(O)(O)CCC(O)CO. The third-order valence-electron chi connectivity index (χ3n) is 1.16. The van der Waals surface area contributed by atoms with Crippen LogP contribution in [-0.4, -0.2) is 38.9 Å². The number of aliphatic hydroxyl groups excluding tert-OH is 2. The van der Waals surface area contributed by atoms with Crippen molar-refractivity contribution in [2.75, 3.05) is 6.61 Å². The van der Waals surface area contributed by atoms with E-state index < -0.39 is 11.9 Å². The summed E-state index contributed by atoms with van der Waals surface area (Å²) < 4.78 is 0. The Balaban J connectivity index is 3.36. The molecule has 0 spiro atoms. The number of hydrogen-bond acceptors (Lipinski definition) is 4. The highest BCUT2D eigenvalue weighted by Crippen LogP contribution is 2.08. The van der Waals surface area contributed by atoms with E-state index in [-0.39, 0.29) is 19.4 Å². The van der Waals surface area contributed by atoms with E-state index in [4.69, 9.17) is 20.4 Å². The molecular weight excluding hydrogens is 136 g/mol. The normalized spacial score (nSPS) is 15.3. The Bertz CT molecular complexity index is 86.2. The summed E-state index contributed by atoms with van der Waals surface area (Å²) in [5.74, 6) is -1.74. The van der Waals surface area contributed by atoms with E-state index in [9.17, 15) is 0 Å². The summed E-state index contributed by atoms with van der Waals surface area (Å²) in [6, 6.07) is 0. The van der Waals surface area contributed by atoms with Crippen molar-refractivity contribution < 1.29 is 20.4 Å². The Labute approximate surface area is 59.7 Å². The van der Waals surface area contributed by atoms with Crippen LogP contribution in [0, 0.1) is 0 Å². The van der Waals surface area contributed by atoms with Crippen LogP contribution in [0.5, 0.6) is 0 Å². The van der Waals surface area contributed by atoms with Crippen molar-refractivity contribution in [2.24, 2.45) is 0 Å². The van der Waals surface area contributed by atoms with Crippen molar-refractivity contribution in [1.29, 1.82) is 0 Å². The first-order chi connectivity index (χ1) is 4.45. The first-order valence-electron chi connectivity index (χ1n) is 3.19. The van der Waals surface area contributed by atoms with Gasteiger partial charge in [-0.1, -0.05) is 0 Å². The minimum atomic E-state index is -1.74. The molecule has 1 unspecified atom stereocenters. The molecule has 0 aliphatic rings. The molecule has 4 N–H and O–H groups in total. The summed E-state index contributed by atoms with van der Waals surface area (Å²) >= 11 is 0. The van der Waals surface area contributed by atoms with Gasteiger partial charge in [0, 0.05) is 6.42 Å². The van der Waals surface area contributed by atoms with Crippen LogP contribution in [0.2, 0.25) is 0 Å². The molecule has 0 aromatic heterocycles. The van der Waals surface area contributed by atoms with Crippen molar-refractivity contribution >= 4 is 0 Å². The van der Waals surface area contributed by atoms with Crippen LogP contribution in [0.15, 0.2) is 0 Å². The summed E-state index contributed by atoms with van der Waals surface area (Å²) in [5.41, 5.74) is 0. The van der Waals surface area contributed by atoms with Crippen molar-refractivity contribution in [3.8, 4) is 0 Å². The maximum absolute atomic E-state index is 8.75. The zero-order valence-corrected chi connectivity index (χ0v) is 5.99. The van der Waals surface area contributed by atoms with Gasteiger partial charge in [0.15, 0.2) is 5.79 Å². The van der Waals surface area contributed by atoms with Gasteiger partial charge in [-0.3, -0.25) is 0 Å². The van der Waals surface area contributed by atoms with E-state index in [1.165, 1.54) is 6.92 Å². The Morgan fingerprint density at radius 1 is 1.40 bits per heavy atom. The molecule has 0 bridgehead atoms.